The quantitative estimate of drug-likeness (QED) is 0.535. The van der Waals surface area contributed by atoms with Crippen LogP contribution in [-0.4, -0.2) is 33.1 Å². The summed E-state index contributed by atoms with van der Waals surface area (Å²) in [6.07, 6.45) is 11.5. The van der Waals surface area contributed by atoms with Crippen LogP contribution in [0.1, 0.15) is 72.6 Å². The van der Waals surface area contributed by atoms with Gasteiger partial charge in [0.25, 0.3) is 0 Å². The van der Waals surface area contributed by atoms with E-state index in [1.165, 1.54) is 12.8 Å². The standard InChI is InChI=1S/C22H38O3/c1-16(13-17(2)10-8-12-22(4,5)25)9-6-7-11-19-14-20(23)18(3)21(24)15-19/h6-7,11,16-17,20-21,23-25H,3,8-10,12-15H2,1-2,4-5H3/b7-6+/t16-,17+,20-,21-/m1/s1. The van der Waals surface area contributed by atoms with E-state index in [4.69, 9.17) is 0 Å². The van der Waals surface area contributed by atoms with Gasteiger partial charge in [-0.2, -0.15) is 0 Å². The molecule has 0 spiro atoms. The number of aliphatic hydroxyl groups is 3. The molecule has 0 unspecified atom stereocenters. The lowest BCUT2D eigenvalue weighted by molar-refractivity contribution is 0.0667. The highest BCUT2D eigenvalue weighted by atomic mass is 16.3. The first kappa shape index (κ1) is 22.1. The topological polar surface area (TPSA) is 60.7 Å². The van der Waals surface area contributed by atoms with E-state index in [0.29, 0.717) is 30.3 Å². The second-order valence-corrected chi connectivity index (χ2v) is 8.65. The number of aliphatic hydroxyl groups excluding tert-OH is 2. The maximum atomic E-state index is 9.84. The number of hydrogen-bond donors (Lipinski definition) is 3. The second kappa shape index (κ2) is 10.3. The lowest BCUT2D eigenvalue weighted by Crippen LogP contribution is -2.27. The predicted molar refractivity (Wildman–Crippen MR) is 105 cm³/mol. The van der Waals surface area contributed by atoms with E-state index in [0.717, 1.165) is 24.8 Å². The molecule has 0 aromatic rings. The highest BCUT2D eigenvalue weighted by molar-refractivity contribution is 5.25. The second-order valence-electron chi connectivity index (χ2n) is 8.65. The molecule has 0 amide bonds. The fourth-order valence-corrected chi connectivity index (χ4v) is 3.50. The summed E-state index contributed by atoms with van der Waals surface area (Å²) in [5.41, 5.74) is 1.07. The predicted octanol–water partition coefficient (Wildman–Crippen LogP) is 4.53. The van der Waals surface area contributed by atoms with Gasteiger partial charge in [0.2, 0.25) is 0 Å². The molecule has 0 aromatic heterocycles. The Morgan fingerprint density at radius 2 is 1.76 bits per heavy atom. The molecule has 0 saturated heterocycles. The van der Waals surface area contributed by atoms with Gasteiger partial charge in [0.1, 0.15) is 0 Å². The first-order chi connectivity index (χ1) is 11.6. The smallest absolute Gasteiger partial charge is 0.0809 e. The third-order valence-corrected chi connectivity index (χ3v) is 5.06. The molecule has 0 radical (unpaired) electrons. The van der Waals surface area contributed by atoms with Gasteiger partial charge >= 0.3 is 0 Å². The highest BCUT2D eigenvalue weighted by Gasteiger charge is 2.25. The fraction of sp³-hybridized carbons (Fsp3) is 0.727. The van der Waals surface area contributed by atoms with E-state index in [2.05, 4.69) is 32.6 Å². The Morgan fingerprint density at radius 1 is 1.16 bits per heavy atom. The molecule has 0 aromatic carbocycles. The Balaban J connectivity index is 2.29. The minimum absolute atomic E-state index is 0.535. The van der Waals surface area contributed by atoms with Gasteiger partial charge in [-0.05, 0) is 63.4 Å². The first-order valence-electron chi connectivity index (χ1n) is 9.70. The van der Waals surface area contributed by atoms with Gasteiger partial charge in [0, 0.05) is 0 Å². The zero-order chi connectivity index (χ0) is 19.0. The number of hydrogen-bond acceptors (Lipinski definition) is 3. The largest absolute Gasteiger partial charge is 0.390 e. The molecule has 3 heteroatoms. The van der Waals surface area contributed by atoms with Crippen molar-refractivity contribution in [3.8, 4) is 0 Å². The van der Waals surface area contributed by atoms with Gasteiger partial charge in [-0.25, -0.2) is 0 Å². The summed E-state index contributed by atoms with van der Waals surface area (Å²) < 4.78 is 0. The number of rotatable bonds is 9. The molecule has 3 nitrogen and oxygen atoms in total. The molecule has 1 rings (SSSR count). The van der Waals surface area contributed by atoms with Gasteiger partial charge in [-0.15, -0.1) is 0 Å². The highest BCUT2D eigenvalue weighted by Crippen LogP contribution is 2.27. The van der Waals surface area contributed by atoms with E-state index in [9.17, 15) is 15.3 Å². The fourth-order valence-electron chi connectivity index (χ4n) is 3.50. The SMILES string of the molecule is C=C1[C@H](O)CC(=C/C=C/C[C@@H](C)C[C@@H](C)CCCC(C)(C)O)C[C@H]1O. The Labute approximate surface area is 154 Å². The van der Waals surface area contributed by atoms with Crippen LogP contribution in [0, 0.1) is 11.8 Å². The average Bonchev–Trinajstić information content (AvgIpc) is 2.47. The van der Waals surface area contributed by atoms with Crippen LogP contribution >= 0.6 is 0 Å². The van der Waals surface area contributed by atoms with E-state index in [1.54, 1.807) is 0 Å². The third kappa shape index (κ3) is 9.39. The van der Waals surface area contributed by atoms with Crippen LogP contribution in [-0.2, 0) is 0 Å². The molecule has 1 aliphatic rings. The molecule has 0 aliphatic heterocycles. The van der Waals surface area contributed by atoms with Crippen LogP contribution in [0.25, 0.3) is 0 Å². The van der Waals surface area contributed by atoms with Crippen LogP contribution in [0.15, 0.2) is 36.0 Å². The molecule has 0 bridgehead atoms. The van der Waals surface area contributed by atoms with Gasteiger partial charge < -0.3 is 15.3 Å². The number of allylic oxidation sites excluding steroid dienone is 3. The van der Waals surface area contributed by atoms with Gasteiger partial charge in [0.15, 0.2) is 0 Å². The maximum Gasteiger partial charge on any atom is 0.0809 e. The van der Waals surface area contributed by atoms with Crippen molar-refractivity contribution in [2.45, 2.75) is 90.4 Å². The van der Waals surface area contributed by atoms with Crippen molar-refractivity contribution in [1.82, 2.24) is 0 Å². The van der Waals surface area contributed by atoms with Gasteiger partial charge in [-0.1, -0.05) is 57.1 Å². The van der Waals surface area contributed by atoms with Crippen molar-refractivity contribution >= 4 is 0 Å². The molecular formula is C22H38O3. The van der Waals surface area contributed by atoms with Crippen molar-refractivity contribution in [2.24, 2.45) is 11.8 Å². The molecule has 3 N–H and O–H groups in total. The monoisotopic (exact) mass is 350 g/mol. The molecule has 25 heavy (non-hydrogen) atoms. The molecule has 0 heterocycles. The summed E-state index contributed by atoms with van der Waals surface area (Å²) in [4.78, 5) is 0. The van der Waals surface area contributed by atoms with E-state index in [1.807, 2.05) is 19.9 Å². The zero-order valence-electron chi connectivity index (χ0n) is 16.5. The Kier molecular flexibility index (Phi) is 9.12. The van der Waals surface area contributed by atoms with E-state index < -0.39 is 17.8 Å². The van der Waals surface area contributed by atoms with E-state index in [-0.39, 0.29) is 0 Å². The molecular weight excluding hydrogens is 312 g/mol. The Morgan fingerprint density at radius 3 is 2.32 bits per heavy atom. The Bertz CT molecular complexity index is 454. The van der Waals surface area contributed by atoms with Crippen LogP contribution in [0.3, 0.4) is 0 Å². The van der Waals surface area contributed by atoms with Crippen molar-refractivity contribution in [3.63, 3.8) is 0 Å². The van der Waals surface area contributed by atoms with Crippen LogP contribution in [0.2, 0.25) is 0 Å². The normalized spacial score (nSPS) is 24.6. The average molecular weight is 351 g/mol. The molecule has 1 fully saturated rings. The maximum absolute atomic E-state index is 9.84. The molecule has 4 atom stereocenters. The van der Waals surface area contributed by atoms with Crippen molar-refractivity contribution in [2.75, 3.05) is 0 Å². The molecule has 1 aliphatic carbocycles. The molecule has 144 valence electrons. The first-order valence-corrected chi connectivity index (χ1v) is 9.70. The van der Waals surface area contributed by atoms with Crippen LogP contribution < -0.4 is 0 Å². The molecule has 1 saturated carbocycles. The summed E-state index contributed by atoms with van der Waals surface area (Å²) in [5.74, 6) is 1.31. The van der Waals surface area contributed by atoms with Crippen LogP contribution in [0.5, 0.6) is 0 Å². The minimum Gasteiger partial charge on any atom is -0.390 e. The summed E-state index contributed by atoms with van der Waals surface area (Å²) in [6, 6.07) is 0. The zero-order valence-corrected chi connectivity index (χ0v) is 16.5. The minimum atomic E-state index is -0.618. The third-order valence-electron chi connectivity index (χ3n) is 5.06. The van der Waals surface area contributed by atoms with Gasteiger partial charge in [-0.3, -0.25) is 0 Å². The van der Waals surface area contributed by atoms with Crippen LogP contribution in [0.4, 0.5) is 0 Å². The Hall–Kier alpha value is -0.900. The lowest BCUT2D eigenvalue weighted by atomic mass is 9.86. The van der Waals surface area contributed by atoms with Gasteiger partial charge in [0.05, 0.1) is 17.8 Å². The van der Waals surface area contributed by atoms with E-state index >= 15 is 0 Å². The van der Waals surface area contributed by atoms with Crippen molar-refractivity contribution in [3.05, 3.63) is 36.0 Å². The summed E-state index contributed by atoms with van der Waals surface area (Å²) >= 11 is 0. The lowest BCUT2D eigenvalue weighted by Gasteiger charge is -2.27. The van der Waals surface area contributed by atoms with Crippen molar-refractivity contribution < 1.29 is 15.3 Å². The summed E-state index contributed by atoms with van der Waals surface area (Å²) in [5, 5.41) is 29.4. The summed E-state index contributed by atoms with van der Waals surface area (Å²) in [6.45, 7) is 12.1. The summed E-state index contributed by atoms with van der Waals surface area (Å²) in [7, 11) is 0. The van der Waals surface area contributed by atoms with Crippen molar-refractivity contribution in [1.29, 1.82) is 0 Å².